The molecular formula is C15H16ClNO2S. The Balaban J connectivity index is 2.44. The first-order chi connectivity index (χ1) is 9.45. The van der Waals surface area contributed by atoms with E-state index in [0.29, 0.717) is 10.6 Å². The molecule has 2 aromatic carbocycles. The average molecular weight is 310 g/mol. The molecule has 5 heteroatoms. The van der Waals surface area contributed by atoms with E-state index < -0.39 is 15.1 Å². The maximum absolute atomic E-state index is 12.6. The highest BCUT2D eigenvalue weighted by Crippen LogP contribution is 2.29. The van der Waals surface area contributed by atoms with E-state index in [2.05, 4.69) is 0 Å². The van der Waals surface area contributed by atoms with E-state index >= 15 is 0 Å². The number of hydrogen-bond donors (Lipinski definition) is 1. The van der Waals surface area contributed by atoms with Crippen molar-refractivity contribution in [3.8, 4) is 0 Å². The Hall–Kier alpha value is -1.36. The molecule has 20 heavy (non-hydrogen) atoms. The Morgan fingerprint density at radius 2 is 1.60 bits per heavy atom. The summed E-state index contributed by atoms with van der Waals surface area (Å²) in [6.07, 6.45) is 0. The van der Waals surface area contributed by atoms with Gasteiger partial charge in [0.25, 0.3) is 0 Å². The van der Waals surface area contributed by atoms with Gasteiger partial charge in [0.15, 0.2) is 9.84 Å². The van der Waals surface area contributed by atoms with Gasteiger partial charge in [-0.2, -0.15) is 0 Å². The molecular weight excluding hydrogens is 294 g/mol. The lowest BCUT2D eigenvalue weighted by molar-refractivity contribution is 0.582. The van der Waals surface area contributed by atoms with Crippen LogP contribution in [-0.2, 0) is 9.84 Å². The minimum absolute atomic E-state index is 0.0357. The number of benzene rings is 2. The maximum atomic E-state index is 12.6. The van der Waals surface area contributed by atoms with E-state index in [4.69, 9.17) is 17.3 Å². The van der Waals surface area contributed by atoms with Gasteiger partial charge in [-0.05, 0) is 36.8 Å². The number of nitrogens with two attached hydrogens (primary N) is 1. The molecule has 106 valence electrons. The number of hydrogen-bond acceptors (Lipinski definition) is 3. The molecule has 0 heterocycles. The van der Waals surface area contributed by atoms with Crippen molar-refractivity contribution >= 4 is 21.4 Å². The predicted octanol–water partition coefficient (Wildman–Crippen LogP) is 3.12. The molecule has 2 rings (SSSR count). The van der Waals surface area contributed by atoms with Crippen molar-refractivity contribution in [2.24, 2.45) is 5.73 Å². The first-order valence-corrected chi connectivity index (χ1v) is 8.13. The Morgan fingerprint density at radius 1 is 1.05 bits per heavy atom. The summed E-state index contributed by atoms with van der Waals surface area (Å²) in [7, 11) is -3.52. The summed E-state index contributed by atoms with van der Waals surface area (Å²) in [5, 5.41) is -0.243. The molecule has 0 unspecified atom stereocenters. The summed E-state index contributed by atoms with van der Waals surface area (Å²) in [5.41, 5.74) is 7.47. The van der Waals surface area contributed by atoms with E-state index in [0.717, 1.165) is 5.56 Å². The summed E-state index contributed by atoms with van der Waals surface area (Å²) < 4.78 is 25.3. The van der Waals surface area contributed by atoms with Crippen molar-refractivity contribution in [2.45, 2.75) is 17.1 Å². The zero-order valence-electron chi connectivity index (χ0n) is 11.1. The molecule has 0 aliphatic heterocycles. The predicted molar refractivity (Wildman–Crippen MR) is 81.6 cm³/mol. The summed E-state index contributed by atoms with van der Waals surface area (Å²) in [5.74, 6) is 0. The van der Waals surface area contributed by atoms with Crippen LogP contribution in [0.2, 0.25) is 5.02 Å². The van der Waals surface area contributed by atoms with E-state index in [1.165, 1.54) is 12.1 Å². The van der Waals surface area contributed by atoms with Crippen LogP contribution in [-0.4, -0.2) is 15.0 Å². The SMILES string of the molecule is Cc1ccc([C@@H](CN)S(=O)(=O)c2ccc(Cl)cc2)cc1. The summed E-state index contributed by atoms with van der Waals surface area (Å²) in [6, 6.07) is 13.5. The van der Waals surface area contributed by atoms with Crippen LogP contribution in [0.4, 0.5) is 0 Å². The average Bonchev–Trinajstić information content (AvgIpc) is 2.42. The van der Waals surface area contributed by atoms with Crippen molar-refractivity contribution < 1.29 is 8.42 Å². The number of sulfone groups is 1. The van der Waals surface area contributed by atoms with Gasteiger partial charge in [-0.3, -0.25) is 0 Å². The lowest BCUT2D eigenvalue weighted by Crippen LogP contribution is -2.22. The second-order valence-electron chi connectivity index (χ2n) is 4.63. The van der Waals surface area contributed by atoms with Crippen LogP contribution >= 0.6 is 11.6 Å². The first-order valence-electron chi connectivity index (χ1n) is 6.21. The normalized spacial score (nSPS) is 13.2. The molecule has 2 aromatic rings. The quantitative estimate of drug-likeness (QED) is 0.944. The van der Waals surface area contributed by atoms with Crippen LogP contribution in [0, 0.1) is 6.92 Å². The van der Waals surface area contributed by atoms with Gasteiger partial charge in [-0.25, -0.2) is 8.42 Å². The van der Waals surface area contributed by atoms with Gasteiger partial charge in [0.2, 0.25) is 0 Å². The van der Waals surface area contributed by atoms with E-state index in [-0.39, 0.29) is 11.4 Å². The van der Waals surface area contributed by atoms with Gasteiger partial charge in [0, 0.05) is 11.6 Å². The molecule has 1 atom stereocenters. The highest BCUT2D eigenvalue weighted by atomic mass is 35.5. The monoisotopic (exact) mass is 309 g/mol. The van der Waals surface area contributed by atoms with Crippen molar-refractivity contribution in [1.29, 1.82) is 0 Å². The molecule has 0 amide bonds. The Bertz CT molecular complexity index is 679. The lowest BCUT2D eigenvalue weighted by Gasteiger charge is -2.16. The third-order valence-electron chi connectivity index (χ3n) is 3.18. The molecule has 0 saturated heterocycles. The number of halogens is 1. The van der Waals surface area contributed by atoms with E-state index in [1.54, 1.807) is 24.3 Å². The van der Waals surface area contributed by atoms with Crippen LogP contribution in [0.3, 0.4) is 0 Å². The Kier molecular flexibility index (Phi) is 4.48. The molecule has 0 bridgehead atoms. The number of rotatable bonds is 4. The fourth-order valence-electron chi connectivity index (χ4n) is 2.01. The van der Waals surface area contributed by atoms with Crippen LogP contribution in [0.15, 0.2) is 53.4 Å². The topological polar surface area (TPSA) is 60.2 Å². The van der Waals surface area contributed by atoms with Crippen molar-refractivity contribution in [3.05, 3.63) is 64.7 Å². The van der Waals surface area contributed by atoms with Gasteiger partial charge in [-0.15, -0.1) is 0 Å². The molecule has 0 fully saturated rings. The van der Waals surface area contributed by atoms with Crippen LogP contribution < -0.4 is 5.73 Å². The second-order valence-corrected chi connectivity index (χ2v) is 7.20. The summed E-state index contributed by atoms with van der Waals surface area (Å²) in [6.45, 7) is 1.99. The Morgan fingerprint density at radius 3 is 2.10 bits per heavy atom. The smallest absolute Gasteiger partial charge is 0.186 e. The Labute approximate surface area is 124 Å². The molecule has 2 N–H and O–H groups in total. The molecule has 0 aliphatic carbocycles. The molecule has 0 aromatic heterocycles. The van der Waals surface area contributed by atoms with E-state index in [1.807, 2.05) is 19.1 Å². The van der Waals surface area contributed by atoms with Crippen LogP contribution in [0.1, 0.15) is 16.4 Å². The van der Waals surface area contributed by atoms with Gasteiger partial charge in [-0.1, -0.05) is 41.4 Å². The lowest BCUT2D eigenvalue weighted by atomic mass is 10.1. The van der Waals surface area contributed by atoms with Crippen molar-refractivity contribution in [3.63, 3.8) is 0 Å². The van der Waals surface area contributed by atoms with Gasteiger partial charge < -0.3 is 5.73 Å². The van der Waals surface area contributed by atoms with Gasteiger partial charge >= 0.3 is 0 Å². The fourth-order valence-corrected chi connectivity index (χ4v) is 3.75. The zero-order valence-corrected chi connectivity index (χ0v) is 12.7. The number of aryl methyl sites for hydroxylation is 1. The van der Waals surface area contributed by atoms with Crippen LogP contribution in [0.5, 0.6) is 0 Å². The maximum Gasteiger partial charge on any atom is 0.186 e. The summed E-state index contributed by atoms with van der Waals surface area (Å²) >= 11 is 5.79. The standard InChI is InChI=1S/C15H16ClNO2S/c1-11-2-4-12(5-3-11)15(10-17)20(18,19)14-8-6-13(16)7-9-14/h2-9,15H,10,17H2,1H3/t15-/m1/s1. The third kappa shape index (κ3) is 3.03. The van der Waals surface area contributed by atoms with E-state index in [9.17, 15) is 8.42 Å². The molecule has 0 spiro atoms. The molecule has 0 aliphatic rings. The largest absolute Gasteiger partial charge is 0.329 e. The zero-order chi connectivity index (χ0) is 14.8. The minimum atomic E-state index is -3.52. The van der Waals surface area contributed by atoms with Gasteiger partial charge in [0.05, 0.1) is 4.90 Å². The van der Waals surface area contributed by atoms with Crippen LogP contribution in [0.25, 0.3) is 0 Å². The molecule has 0 saturated carbocycles. The summed E-state index contributed by atoms with van der Waals surface area (Å²) in [4.78, 5) is 0.234. The highest BCUT2D eigenvalue weighted by Gasteiger charge is 2.27. The molecule has 0 radical (unpaired) electrons. The second kappa shape index (κ2) is 5.95. The molecule has 3 nitrogen and oxygen atoms in total. The fraction of sp³-hybridized carbons (Fsp3) is 0.200. The van der Waals surface area contributed by atoms with Gasteiger partial charge in [0.1, 0.15) is 5.25 Å². The minimum Gasteiger partial charge on any atom is -0.329 e. The first kappa shape index (κ1) is 15.0. The highest BCUT2D eigenvalue weighted by molar-refractivity contribution is 7.91. The van der Waals surface area contributed by atoms with Crippen molar-refractivity contribution in [1.82, 2.24) is 0 Å². The van der Waals surface area contributed by atoms with Crippen molar-refractivity contribution in [2.75, 3.05) is 6.54 Å². The third-order valence-corrected chi connectivity index (χ3v) is 5.57.